The van der Waals surface area contributed by atoms with E-state index in [1.807, 2.05) is 18.7 Å². The van der Waals surface area contributed by atoms with Crippen LogP contribution in [0.1, 0.15) is 33.1 Å². The predicted molar refractivity (Wildman–Crippen MR) is 87.1 cm³/mol. The molecule has 0 aromatic heterocycles. The van der Waals surface area contributed by atoms with Gasteiger partial charge in [-0.05, 0) is 26.2 Å². The molecule has 2 aliphatic rings. The molecule has 2 saturated heterocycles. The molecule has 2 atom stereocenters. The van der Waals surface area contributed by atoms with Crippen LogP contribution < -0.4 is 10.6 Å². The molecule has 22 heavy (non-hydrogen) atoms. The number of amides is 2. The first-order valence-corrected chi connectivity index (χ1v) is 8.05. The molecule has 0 aromatic carbocycles. The molecule has 2 amide bonds. The summed E-state index contributed by atoms with van der Waals surface area (Å²) in [4.78, 5) is 26.3. The van der Waals surface area contributed by atoms with E-state index >= 15 is 0 Å². The van der Waals surface area contributed by atoms with E-state index in [9.17, 15) is 9.59 Å². The third-order valence-corrected chi connectivity index (χ3v) is 4.31. The number of piperidine rings is 1. The number of hydrogen-bond acceptors (Lipinski definition) is 4. The van der Waals surface area contributed by atoms with Crippen molar-refractivity contribution >= 4 is 24.2 Å². The van der Waals surface area contributed by atoms with Gasteiger partial charge in [-0.1, -0.05) is 6.92 Å². The van der Waals surface area contributed by atoms with Gasteiger partial charge in [-0.25, -0.2) is 0 Å². The van der Waals surface area contributed by atoms with Gasteiger partial charge < -0.3 is 20.3 Å². The Morgan fingerprint density at radius 2 is 2.00 bits per heavy atom. The third kappa shape index (κ3) is 4.83. The Morgan fingerprint density at radius 3 is 2.59 bits per heavy atom. The van der Waals surface area contributed by atoms with Gasteiger partial charge in [0.2, 0.25) is 11.8 Å². The molecule has 2 heterocycles. The van der Waals surface area contributed by atoms with Crippen molar-refractivity contribution < 1.29 is 14.3 Å². The largest absolute Gasteiger partial charge is 0.375 e. The monoisotopic (exact) mass is 333 g/mol. The summed E-state index contributed by atoms with van der Waals surface area (Å²) in [5.74, 6) is 0.291. The van der Waals surface area contributed by atoms with Gasteiger partial charge in [0.1, 0.15) is 6.04 Å². The zero-order valence-corrected chi connectivity index (χ0v) is 14.3. The van der Waals surface area contributed by atoms with Crippen molar-refractivity contribution in [2.75, 3.05) is 32.8 Å². The van der Waals surface area contributed by atoms with Crippen LogP contribution in [-0.4, -0.2) is 61.6 Å². The number of morpholine rings is 1. The van der Waals surface area contributed by atoms with Crippen molar-refractivity contribution in [3.8, 4) is 0 Å². The highest BCUT2D eigenvalue weighted by atomic mass is 35.5. The second kappa shape index (κ2) is 9.33. The van der Waals surface area contributed by atoms with E-state index in [1.165, 1.54) is 0 Å². The van der Waals surface area contributed by atoms with Crippen LogP contribution in [0.2, 0.25) is 0 Å². The zero-order valence-electron chi connectivity index (χ0n) is 13.5. The molecule has 0 spiro atoms. The van der Waals surface area contributed by atoms with E-state index in [0.717, 1.165) is 32.4 Å². The van der Waals surface area contributed by atoms with Crippen LogP contribution in [-0.2, 0) is 14.3 Å². The Hall–Kier alpha value is -0.850. The average molecular weight is 334 g/mol. The topological polar surface area (TPSA) is 70.7 Å². The highest BCUT2D eigenvalue weighted by Gasteiger charge is 2.34. The van der Waals surface area contributed by atoms with E-state index in [1.54, 1.807) is 0 Å². The maximum absolute atomic E-state index is 12.5. The van der Waals surface area contributed by atoms with Crippen LogP contribution in [0.4, 0.5) is 0 Å². The standard InChI is InChI=1S/C15H27N3O3.ClH/c1-3-6-17-14(19)12-4-8-18(9-5-12)15(20)13-11(2)21-10-7-16-13;/h11-13,16H,3-10H2,1-2H3,(H,17,19);1H/t11-,13+;/m1./s1. The Labute approximate surface area is 138 Å². The Bertz CT molecular complexity index is 373. The van der Waals surface area contributed by atoms with Crippen molar-refractivity contribution in [3.63, 3.8) is 0 Å². The highest BCUT2D eigenvalue weighted by Crippen LogP contribution is 2.19. The lowest BCUT2D eigenvalue weighted by atomic mass is 9.95. The van der Waals surface area contributed by atoms with Gasteiger partial charge >= 0.3 is 0 Å². The molecule has 0 unspecified atom stereocenters. The number of carbonyl (C=O) groups is 2. The Balaban J connectivity index is 0.00000242. The normalized spacial score (nSPS) is 26.2. The number of halogens is 1. The van der Waals surface area contributed by atoms with Crippen LogP contribution in [0, 0.1) is 5.92 Å². The fourth-order valence-corrected chi connectivity index (χ4v) is 2.96. The Morgan fingerprint density at radius 1 is 1.32 bits per heavy atom. The summed E-state index contributed by atoms with van der Waals surface area (Å²) in [6.45, 7) is 7.41. The average Bonchev–Trinajstić information content (AvgIpc) is 2.52. The van der Waals surface area contributed by atoms with Gasteiger partial charge in [0, 0.05) is 32.1 Å². The first-order valence-electron chi connectivity index (χ1n) is 8.05. The van der Waals surface area contributed by atoms with E-state index in [2.05, 4.69) is 10.6 Å². The molecule has 2 rings (SSSR count). The summed E-state index contributed by atoms with van der Waals surface area (Å²) >= 11 is 0. The van der Waals surface area contributed by atoms with Crippen molar-refractivity contribution in [2.45, 2.75) is 45.3 Å². The lowest BCUT2D eigenvalue weighted by molar-refractivity contribution is -0.142. The van der Waals surface area contributed by atoms with Crippen LogP contribution >= 0.6 is 12.4 Å². The smallest absolute Gasteiger partial charge is 0.242 e. The molecule has 2 fully saturated rings. The Kier molecular flexibility index (Phi) is 8.14. The maximum atomic E-state index is 12.5. The summed E-state index contributed by atoms with van der Waals surface area (Å²) in [5.41, 5.74) is 0. The molecule has 0 saturated carbocycles. The lowest BCUT2D eigenvalue weighted by Gasteiger charge is -2.37. The molecule has 128 valence electrons. The molecule has 0 aromatic rings. The lowest BCUT2D eigenvalue weighted by Crippen LogP contribution is -2.57. The second-order valence-electron chi connectivity index (χ2n) is 5.90. The van der Waals surface area contributed by atoms with Crippen molar-refractivity contribution in [2.24, 2.45) is 5.92 Å². The fraction of sp³-hybridized carbons (Fsp3) is 0.867. The van der Waals surface area contributed by atoms with Gasteiger partial charge in [0.15, 0.2) is 0 Å². The van der Waals surface area contributed by atoms with E-state index in [0.29, 0.717) is 19.7 Å². The number of likely N-dealkylation sites (tertiary alicyclic amines) is 1. The molecule has 2 N–H and O–H groups in total. The minimum atomic E-state index is -0.246. The second-order valence-corrected chi connectivity index (χ2v) is 5.90. The summed E-state index contributed by atoms with van der Waals surface area (Å²) in [6.07, 6.45) is 2.37. The van der Waals surface area contributed by atoms with E-state index in [4.69, 9.17) is 4.74 Å². The van der Waals surface area contributed by atoms with Crippen LogP contribution in [0.25, 0.3) is 0 Å². The molecule has 6 nitrogen and oxygen atoms in total. The number of nitrogens with zero attached hydrogens (tertiary/aromatic N) is 1. The molecule has 0 bridgehead atoms. The number of rotatable bonds is 4. The highest BCUT2D eigenvalue weighted by molar-refractivity contribution is 5.85. The number of ether oxygens (including phenoxy) is 1. The number of hydrogen-bond donors (Lipinski definition) is 2. The number of nitrogens with one attached hydrogen (secondary N) is 2. The van der Waals surface area contributed by atoms with Crippen molar-refractivity contribution in [3.05, 3.63) is 0 Å². The minimum absolute atomic E-state index is 0. The van der Waals surface area contributed by atoms with Crippen LogP contribution in [0.5, 0.6) is 0 Å². The summed E-state index contributed by atoms with van der Waals surface area (Å²) in [6, 6.07) is -0.246. The van der Waals surface area contributed by atoms with Gasteiger partial charge in [-0.2, -0.15) is 0 Å². The summed E-state index contributed by atoms with van der Waals surface area (Å²) in [7, 11) is 0. The van der Waals surface area contributed by atoms with Crippen molar-refractivity contribution in [1.29, 1.82) is 0 Å². The minimum Gasteiger partial charge on any atom is -0.375 e. The molecule has 0 radical (unpaired) electrons. The summed E-state index contributed by atoms with van der Waals surface area (Å²) < 4.78 is 5.53. The molecular weight excluding hydrogens is 306 g/mol. The first kappa shape index (κ1) is 19.2. The molecule has 7 heteroatoms. The quantitative estimate of drug-likeness (QED) is 0.788. The van der Waals surface area contributed by atoms with Gasteiger partial charge in [-0.15, -0.1) is 12.4 Å². The maximum Gasteiger partial charge on any atom is 0.242 e. The van der Waals surface area contributed by atoms with Gasteiger partial charge in [0.05, 0.1) is 12.7 Å². The number of carbonyl (C=O) groups excluding carboxylic acids is 2. The molecular formula is C15H28ClN3O3. The first-order chi connectivity index (χ1) is 10.1. The van der Waals surface area contributed by atoms with E-state index in [-0.39, 0.29) is 42.3 Å². The summed E-state index contributed by atoms with van der Waals surface area (Å²) in [5, 5.41) is 6.17. The van der Waals surface area contributed by atoms with Crippen molar-refractivity contribution in [1.82, 2.24) is 15.5 Å². The van der Waals surface area contributed by atoms with Crippen LogP contribution in [0.3, 0.4) is 0 Å². The third-order valence-electron chi connectivity index (χ3n) is 4.31. The van der Waals surface area contributed by atoms with Gasteiger partial charge in [-0.3, -0.25) is 9.59 Å². The predicted octanol–water partition coefficient (Wildman–Crippen LogP) is 0.550. The van der Waals surface area contributed by atoms with Crippen LogP contribution in [0.15, 0.2) is 0 Å². The zero-order chi connectivity index (χ0) is 15.2. The fourth-order valence-electron chi connectivity index (χ4n) is 2.96. The van der Waals surface area contributed by atoms with Gasteiger partial charge in [0.25, 0.3) is 0 Å². The van der Waals surface area contributed by atoms with E-state index < -0.39 is 0 Å². The SMILES string of the molecule is CCCNC(=O)C1CCN(C(=O)[C@H]2NCCO[C@@H]2C)CC1.Cl. The molecule has 2 aliphatic heterocycles. The molecule has 0 aliphatic carbocycles.